The number of methoxy groups -OCH3 is 1. The standard InChI is InChI=1S/C19H14ClFN2O6/c1-27-16-7-4-12(8-14(16)20)15(24)10-28-17(25)9-23-19(26)29-18(22-23)11-2-5-13(21)6-3-11/h2-8H,9-10H2,1H3. The molecule has 0 aliphatic carbocycles. The van der Waals surface area contributed by atoms with Crippen LogP contribution in [0.4, 0.5) is 4.39 Å². The van der Waals surface area contributed by atoms with Crippen LogP contribution in [0.2, 0.25) is 5.02 Å². The van der Waals surface area contributed by atoms with Gasteiger partial charge in [0.2, 0.25) is 5.89 Å². The van der Waals surface area contributed by atoms with Crippen LogP contribution in [0.3, 0.4) is 0 Å². The predicted octanol–water partition coefficient (Wildman–Crippen LogP) is 2.73. The number of benzene rings is 2. The Bertz CT molecular complexity index is 1110. The van der Waals surface area contributed by atoms with Crippen molar-refractivity contribution >= 4 is 23.4 Å². The normalized spacial score (nSPS) is 10.6. The van der Waals surface area contributed by atoms with Crippen molar-refractivity contribution < 1.29 is 27.9 Å². The Balaban J connectivity index is 1.61. The maximum Gasteiger partial charge on any atom is 0.437 e. The van der Waals surface area contributed by atoms with Crippen LogP contribution in [-0.4, -0.2) is 35.2 Å². The number of Topliss-reactive ketones (excluding diaryl/α,β-unsaturated/α-hetero) is 1. The van der Waals surface area contributed by atoms with Gasteiger partial charge in [-0.05, 0) is 42.5 Å². The summed E-state index contributed by atoms with van der Waals surface area (Å²) in [5.74, 6) is -2.37. The lowest BCUT2D eigenvalue weighted by Gasteiger charge is -2.06. The summed E-state index contributed by atoms with van der Waals surface area (Å²) in [6.07, 6.45) is 0. The molecule has 0 N–H and O–H groups in total. The van der Waals surface area contributed by atoms with E-state index in [2.05, 4.69) is 5.10 Å². The summed E-state index contributed by atoms with van der Waals surface area (Å²) in [7, 11) is 1.44. The summed E-state index contributed by atoms with van der Waals surface area (Å²) in [6.45, 7) is -1.10. The summed E-state index contributed by atoms with van der Waals surface area (Å²) >= 11 is 5.96. The Morgan fingerprint density at radius 1 is 1.21 bits per heavy atom. The minimum Gasteiger partial charge on any atom is -0.495 e. The van der Waals surface area contributed by atoms with Crippen molar-refractivity contribution in [1.29, 1.82) is 0 Å². The molecule has 0 radical (unpaired) electrons. The summed E-state index contributed by atoms with van der Waals surface area (Å²) in [5, 5.41) is 4.11. The largest absolute Gasteiger partial charge is 0.495 e. The molecule has 2 aromatic carbocycles. The second-order valence-electron chi connectivity index (χ2n) is 5.77. The summed E-state index contributed by atoms with van der Waals surface area (Å²) in [4.78, 5) is 35.9. The second-order valence-corrected chi connectivity index (χ2v) is 6.18. The van der Waals surface area contributed by atoms with Crippen molar-refractivity contribution in [3.8, 4) is 17.2 Å². The van der Waals surface area contributed by atoms with E-state index < -0.39 is 36.5 Å². The van der Waals surface area contributed by atoms with E-state index in [4.69, 9.17) is 25.5 Å². The maximum atomic E-state index is 13.0. The molecule has 3 aromatic rings. The van der Waals surface area contributed by atoms with Crippen molar-refractivity contribution in [2.75, 3.05) is 13.7 Å². The highest BCUT2D eigenvalue weighted by Gasteiger charge is 2.16. The molecule has 0 amide bonds. The third kappa shape index (κ3) is 4.88. The molecular formula is C19H14ClFN2O6. The van der Waals surface area contributed by atoms with E-state index in [-0.39, 0.29) is 16.5 Å². The van der Waals surface area contributed by atoms with Gasteiger partial charge in [0.05, 0.1) is 12.1 Å². The maximum absolute atomic E-state index is 13.0. The number of carbonyl (C=O) groups excluding carboxylic acids is 2. The van der Waals surface area contributed by atoms with E-state index >= 15 is 0 Å². The molecule has 1 heterocycles. The lowest BCUT2D eigenvalue weighted by molar-refractivity contribution is -0.143. The number of esters is 1. The van der Waals surface area contributed by atoms with Crippen LogP contribution in [0.5, 0.6) is 5.75 Å². The zero-order valence-corrected chi connectivity index (χ0v) is 15.8. The summed E-state index contributed by atoms with van der Waals surface area (Å²) in [5.41, 5.74) is 0.600. The highest BCUT2D eigenvalue weighted by molar-refractivity contribution is 6.32. The molecule has 10 heteroatoms. The first kappa shape index (κ1) is 20.3. The first-order valence-electron chi connectivity index (χ1n) is 8.23. The second kappa shape index (κ2) is 8.70. The third-order valence-electron chi connectivity index (χ3n) is 3.81. The number of carbonyl (C=O) groups is 2. The Morgan fingerprint density at radius 2 is 1.93 bits per heavy atom. The van der Waals surface area contributed by atoms with Gasteiger partial charge in [-0.1, -0.05) is 11.6 Å². The quantitative estimate of drug-likeness (QED) is 0.428. The minimum absolute atomic E-state index is 0.0771. The number of rotatable bonds is 7. The molecule has 0 bridgehead atoms. The van der Waals surface area contributed by atoms with E-state index in [0.29, 0.717) is 11.3 Å². The average Bonchev–Trinajstić information content (AvgIpc) is 3.06. The first-order chi connectivity index (χ1) is 13.9. The van der Waals surface area contributed by atoms with E-state index in [1.54, 1.807) is 0 Å². The van der Waals surface area contributed by atoms with Crippen molar-refractivity contribution in [2.24, 2.45) is 0 Å². The fraction of sp³-hybridized carbons (Fsp3) is 0.158. The highest BCUT2D eigenvalue weighted by Crippen LogP contribution is 2.25. The van der Waals surface area contributed by atoms with Crippen molar-refractivity contribution in [1.82, 2.24) is 9.78 Å². The van der Waals surface area contributed by atoms with Gasteiger partial charge in [-0.25, -0.2) is 9.18 Å². The van der Waals surface area contributed by atoms with Crippen LogP contribution in [0.15, 0.2) is 51.7 Å². The highest BCUT2D eigenvalue weighted by atomic mass is 35.5. The van der Waals surface area contributed by atoms with Gasteiger partial charge in [0.1, 0.15) is 18.1 Å². The molecule has 0 unspecified atom stereocenters. The zero-order valence-electron chi connectivity index (χ0n) is 15.1. The molecular weight excluding hydrogens is 407 g/mol. The van der Waals surface area contributed by atoms with E-state index in [0.717, 1.165) is 4.68 Å². The molecule has 0 aliphatic heterocycles. The molecule has 8 nitrogen and oxygen atoms in total. The fourth-order valence-corrected chi connectivity index (χ4v) is 2.61. The Kier molecular flexibility index (Phi) is 6.08. The third-order valence-corrected chi connectivity index (χ3v) is 4.11. The number of nitrogens with zero attached hydrogens (tertiary/aromatic N) is 2. The van der Waals surface area contributed by atoms with Crippen LogP contribution >= 0.6 is 11.6 Å². The first-order valence-corrected chi connectivity index (χ1v) is 8.61. The predicted molar refractivity (Wildman–Crippen MR) is 99.5 cm³/mol. The van der Waals surface area contributed by atoms with Crippen molar-refractivity contribution in [3.05, 3.63) is 69.4 Å². The van der Waals surface area contributed by atoms with Crippen LogP contribution in [0.25, 0.3) is 11.5 Å². The van der Waals surface area contributed by atoms with E-state index in [1.165, 1.54) is 49.6 Å². The minimum atomic E-state index is -0.894. The average molecular weight is 421 g/mol. The molecule has 0 spiro atoms. The number of hydrogen-bond acceptors (Lipinski definition) is 7. The Labute approximate surface area is 168 Å². The molecule has 0 fully saturated rings. The van der Waals surface area contributed by atoms with Gasteiger partial charge in [-0.3, -0.25) is 9.59 Å². The van der Waals surface area contributed by atoms with Crippen LogP contribution in [0.1, 0.15) is 10.4 Å². The van der Waals surface area contributed by atoms with Gasteiger partial charge in [-0.15, -0.1) is 5.10 Å². The van der Waals surface area contributed by atoms with Crippen LogP contribution < -0.4 is 10.5 Å². The number of ketones is 1. The van der Waals surface area contributed by atoms with E-state index in [1.807, 2.05) is 0 Å². The van der Waals surface area contributed by atoms with Crippen molar-refractivity contribution in [2.45, 2.75) is 6.54 Å². The molecule has 0 atom stereocenters. The topological polar surface area (TPSA) is 101 Å². The number of halogens is 2. The fourth-order valence-electron chi connectivity index (χ4n) is 2.35. The lowest BCUT2D eigenvalue weighted by Crippen LogP contribution is -2.24. The smallest absolute Gasteiger partial charge is 0.437 e. The van der Waals surface area contributed by atoms with Crippen molar-refractivity contribution in [3.63, 3.8) is 0 Å². The molecule has 29 heavy (non-hydrogen) atoms. The number of ether oxygens (including phenoxy) is 2. The van der Waals surface area contributed by atoms with Gasteiger partial charge in [0, 0.05) is 11.1 Å². The van der Waals surface area contributed by atoms with Gasteiger partial charge in [0.15, 0.2) is 12.4 Å². The zero-order chi connectivity index (χ0) is 21.0. The van der Waals surface area contributed by atoms with Gasteiger partial charge >= 0.3 is 11.7 Å². The molecule has 150 valence electrons. The Morgan fingerprint density at radius 3 is 2.59 bits per heavy atom. The van der Waals surface area contributed by atoms with Gasteiger partial charge in [-0.2, -0.15) is 4.68 Å². The van der Waals surface area contributed by atoms with Gasteiger partial charge < -0.3 is 13.9 Å². The molecule has 0 aliphatic rings. The molecule has 1 aromatic heterocycles. The molecule has 0 saturated heterocycles. The van der Waals surface area contributed by atoms with Gasteiger partial charge in [0.25, 0.3) is 0 Å². The number of hydrogen-bond donors (Lipinski definition) is 0. The monoisotopic (exact) mass is 420 g/mol. The Hall–Kier alpha value is -3.46. The SMILES string of the molecule is COc1ccc(C(=O)COC(=O)Cn2nc(-c3ccc(F)cc3)oc2=O)cc1Cl. The van der Waals surface area contributed by atoms with E-state index in [9.17, 15) is 18.8 Å². The molecule has 3 rings (SSSR count). The van der Waals surface area contributed by atoms with Crippen LogP contribution in [0, 0.1) is 5.82 Å². The lowest BCUT2D eigenvalue weighted by atomic mass is 10.1. The van der Waals surface area contributed by atoms with Crippen LogP contribution in [-0.2, 0) is 16.1 Å². The summed E-state index contributed by atoms with van der Waals surface area (Å²) in [6, 6.07) is 9.51. The summed E-state index contributed by atoms with van der Waals surface area (Å²) < 4.78 is 28.6. The molecule has 0 saturated carbocycles. The number of aromatic nitrogens is 2.